The first-order valence-electron chi connectivity index (χ1n) is 6.22. The molecule has 19 heavy (non-hydrogen) atoms. The zero-order valence-electron chi connectivity index (χ0n) is 10.2. The first kappa shape index (κ1) is 12.1. The lowest BCUT2D eigenvalue weighted by atomic mass is 9.93. The molecule has 96 valence electrons. The van der Waals surface area contributed by atoms with Crippen molar-refractivity contribution >= 4 is 5.78 Å². The molecule has 1 aliphatic carbocycles. The van der Waals surface area contributed by atoms with Crippen molar-refractivity contribution in [2.75, 3.05) is 0 Å². The predicted molar refractivity (Wildman–Crippen MR) is 69.3 cm³/mol. The maximum Gasteiger partial charge on any atom is 0.169 e. The second kappa shape index (κ2) is 4.59. The minimum Gasteiger partial charge on any atom is -0.388 e. The quantitative estimate of drug-likeness (QED) is 0.839. The van der Waals surface area contributed by atoms with Gasteiger partial charge < -0.3 is 5.11 Å². The van der Waals surface area contributed by atoms with Gasteiger partial charge in [-0.05, 0) is 41.8 Å². The van der Waals surface area contributed by atoms with Gasteiger partial charge in [0.1, 0.15) is 5.82 Å². The van der Waals surface area contributed by atoms with Crippen LogP contribution in [0.15, 0.2) is 48.5 Å². The van der Waals surface area contributed by atoms with Gasteiger partial charge in [-0.15, -0.1) is 0 Å². The Morgan fingerprint density at radius 2 is 1.79 bits per heavy atom. The van der Waals surface area contributed by atoms with Crippen LogP contribution < -0.4 is 0 Å². The summed E-state index contributed by atoms with van der Waals surface area (Å²) >= 11 is 0. The highest BCUT2D eigenvalue weighted by Crippen LogP contribution is 2.37. The molecule has 3 rings (SSSR count). The Morgan fingerprint density at radius 3 is 2.47 bits per heavy atom. The van der Waals surface area contributed by atoms with Crippen molar-refractivity contribution in [3.8, 4) is 0 Å². The first-order chi connectivity index (χ1) is 9.16. The molecule has 0 radical (unpaired) electrons. The van der Waals surface area contributed by atoms with Crippen LogP contribution in [-0.4, -0.2) is 10.9 Å². The van der Waals surface area contributed by atoms with E-state index in [2.05, 4.69) is 0 Å². The van der Waals surface area contributed by atoms with Crippen molar-refractivity contribution in [1.29, 1.82) is 0 Å². The van der Waals surface area contributed by atoms with Gasteiger partial charge in [-0.25, -0.2) is 4.39 Å². The Bertz CT molecular complexity index is 619. The van der Waals surface area contributed by atoms with Crippen molar-refractivity contribution in [3.63, 3.8) is 0 Å². The molecule has 0 bridgehead atoms. The van der Waals surface area contributed by atoms with Crippen LogP contribution in [0, 0.1) is 11.7 Å². The number of carbonyl (C=O) groups excluding carboxylic acids is 1. The van der Waals surface area contributed by atoms with Gasteiger partial charge >= 0.3 is 0 Å². The van der Waals surface area contributed by atoms with E-state index in [4.69, 9.17) is 0 Å². The van der Waals surface area contributed by atoms with Crippen LogP contribution in [0.3, 0.4) is 0 Å². The van der Waals surface area contributed by atoms with Crippen LogP contribution >= 0.6 is 0 Å². The third-order valence-electron chi connectivity index (χ3n) is 3.66. The molecule has 0 unspecified atom stereocenters. The Hall–Kier alpha value is -2.00. The lowest BCUT2D eigenvalue weighted by Crippen LogP contribution is -2.19. The SMILES string of the molecule is O=C(c1ccc(F)cc1)[C@@H]1Cc2ccccc2[C@@H]1O. The number of rotatable bonds is 2. The molecule has 0 heterocycles. The van der Waals surface area contributed by atoms with Gasteiger partial charge in [0.05, 0.1) is 12.0 Å². The Balaban J connectivity index is 1.89. The highest BCUT2D eigenvalue weighted by Gasteiger charge is 2.35. The number of hydrogen-bond acceptors (Lipinski definition) is 2. The summed E-state index contributed by atoms with van der Waals surface area (Å²) in [5.41, 5.74) is 2.27. The summed E-state index contributed by atoms with van der Waals surface area (Å²) in [6.07, 6.45) is -0.234. The summed E-state index contributed by atoms with van der Waals surface area (Å²) < 4.78 is 12.9. The molecule has 2 aromatic carbocycles. The molecule has 2 aromatic rings. The summed E-state index contributed by atoms with van der Waals surface area (Å²) in [5.74, 6) is -0.974. The van der Waals surface area contributed by atoms with Crippen LogP contribution in [0.25, 0.3) is 0 Å². The molecular weight excluding hydrogens is 243 g/mol. The van der Waals surface area contributed by atoms with Gasteiger partial charge in [0.25, 0.3) is 0 Å². The average molecular weight is 256 g/mol. The molecule has 0 aliphatic heterocycles. The van der Waals surface area contributed by atoms with Crippen molar-refractivity contribution < 1.29 is 14.3 Å². The molecule has 0 saturated heterocycles. The summed E-state index contributed by atoms with van der Waals surface area (Å²) in [5, 5.41) is 10.2. The monoisotopic (exact) mass is 256 g/mol. The molecule has 3 heteroatoms. The van der Waals surface area contributed by atoms with Crippen molar-refractivity contribution in [2.24, 2.45) is 5.92 Å². The highest BCUT2D eigenvalue weighted by molar-refractivity contribution is 5.98. The molecule has 0 spiro atoms. The molecule has 1 aliphatic rings. The summed E-state index contributed by atoms with van der Waals surface area (Å²) in [7, 11) is 0. The number of carbonyl (C=O) groups is 1. The topological polar surface area (TPSA) is 37.3 Å². The van der Waals surface area contributed by atoms with Crippen LogP contribution in [-0.2, 0) is 6.42 Å². The van der Waals surface area contributed by atoms with Crippen LogP contribution in [0.4, 0.5) is 4.39 Å². The fourth-order valence-corrected chi connectivity index (χ4v) is 2.64. The third-order valence-corrected chi connectivity index (χ3v) is 3.66. The number of benzene rings is 2. The van der Waals surface area contributed by atoms with E-state index in [0.717, 1.165) is 11.1 Å². The minimum absolute atomic E-state index is 0.135. The predicted octanol–water partition coefficient (Wildman–Crippen LogP) is 2.91. The minimum atomic E-state index is -0.770. The van der Waals surface area contributed by atoms with Crippen LogP contribution in [0.2, 0.25) is 0 Å². The van der Waals surface area contributed by atoms with E-state index < -0.39 is 12.0 Å². The summed E-state index contributed by atoms with van der Waals surface area (Å²) in [6.45, 7) is 0. The van der Waals surface area contributed by atoms with Crippen molar-refractivity contribution in [3.05, 3.63) is 71.0 Å². The van der Waals surface area contributed by atoms with Gasteiger partial charge in [-0.2, -0.15) is 0 Å². The van der Waals surface area contributed by atoms with Crippen molar-refractivity contribution in [1.82, 2.24) is 0 Å². The Labute approximate surface area is 110 Å². The van der Waals surface area contributed by atoms with Gasteiger partial charge in [0.15, 0.2) is 5.78 Å². The van der Waals surface area contributed by atoms with Crippen LogP contribution in [0.1, 0.15) is 27.6 Å². The van der Waals surface area contributed by atoms with E-state index in [-0.39, 0.29) is 11.6 Å². The maximum atomic E-state index is 12.9. The Morgan fingerprint density at radius 1 is 1.11 bits per heavy atom. The summed E-state index contributed by atoms with van der Waals surface area (Å²) in [4.78, 5) is 12.4. The number of ketones is 1. The molecule has 0 aromatic heterocycles. The summed E-state index contributed by atoms with van der Waals surface area (Å²) in [6, 6.07) is 13.0. The molecule has 0 amide bonds. The number of aliphatic hydroxyl groups is 1. The molecular formula is C16H13FO2. The molecule has 0 fully saturated rings. The first-order valence-corrected chi connectivity index (χ1v) is 6.22. The van der Waals surface area contributed by atoms with E-state index in [9.17, 15) is 14.3 Å². The zero-order chi connectivity index (χ0) is 13.4. The van der Waals surface area contributed by atoms with Gasteiger partial charge in [0, 0.05) is 5.56 Å². The van der Waals surface area contributed by atoms with E-state index in [1.54, 1.807) is 0 Å². The van der Waals surface area contributed by atoms with E-state index >= 15 is 0 Å². The highest BCUT2D eigenvalue weighted by atomic mass is 19.1. The lowest BCUT2D eigenvalue weighted by Gasteiger charge is -2.13. The molecule has 1 N–H and O–H groups in total. The molecule has 2 nitrogen and oxygen atoms in total. The van der Waals surface area contributed by atoms with Crippen LogP contribution in [0.5, 0.6) is 0 Å². The second-order valence-electron chi connectivity index (χ2n) is 4.83. The second-order valence-corrected chi connectivity index (χ2v) is 4.83. The molecule has 2 atom stereocenters. The maximum absolute atomic E-state index is 12.9. The van der Waals surface area contributed by atoms with Crippen molar-refractivity contribution in [2.45, 2.75) is 12.5 Å². The number of fused-ring (bicyclic) bond motifs is 1. The van der Waals surface area contributed by atoms with E-state index in [0.29, 0.717) is 12.0 Å². The standard InChI is InChI=1S/C16H13FO2/c17-12-7-5-10(6-8-12)15(18)14-9-11-3-1-2-4-13(11)16(14)19/h1-8,14,16,19H,9H2/t14-,16-/m0/s1. The number of aliphatic hydroxyl groups excluding tert-OH is 1. The van der Waals surface area contributed by atoms with Gasteiger partial charge in [0.2, 0.25) is 0 Å². The van der Waals surface area contributed by atoms with E-state index in [1.807, 2.05) is 24.3 Å². The third kappa shape index (κ3) is 2.06. The number of halogens is 1. The number of Topliss-reactive ketones (excluding diaryl/α,β-unsaturated/α-hetero) is 1. The fourth-order valence-electron chi connectivity index (χ4n) is 2.64. The number of hydrogen-bond donors (Lipinski definition) is 1. The van der Waals surface area contributed by atoms with Gasteiger partial charge in [-0.3, -0.25) is 4.79 Å². The lowest BCUT2D eigenvalue weighted by molar-refractivity contribution is 0.0725. The zero-order valence-corrected chi connectivity index (χ0v) is 10.2. The van der Waals surface area contributed by atoms with E-state index in [1.165, 1.54) is 24.3 Å². The largest absolute Gasteiger partial charge is 0.388 e. The Kier molecular flexibility index (Phi) is 2.91. The van der Waals surface area contributed by atoms with Gasteiger partial charge in [-0.1, -0.05) is 24.3 Å². The fraction of sp³-hybridized carbons (Fsp3) is 0.188. The average Bonchev–Trinajstić information content (AvgIpc) is 2.77. The molecule has 0 saturated carbocycles. The normalized spacial score (nSPS) is 21.2. The smallest absolute Gasteiger partial charge is 0.169 e.